The molecule has 0 aromatic carbocycles. The zero-order chi connectivity index (χ0) is 5.98. The minimum absolute atomic E-state index is 0.0729. The third-order valence-corrected chi connectivity index (χ3v) is 1.51. The van der Waals surface area contributed by atoms with E-state index in [4.69, 9.17) is 10.2 Å². The van der Waals surface area contributed by atoms with Crippen LogP contribution in [0.15, 0.2) is 0 Å². The zero-order valence-electron chi connectivity index (χ0n) is 4.88. The largest absolute Gasteiger partial charge is 0.394 e. The molecule has 2 N–H and O–H groups in total. The van der Waals surface area contributed by atoms with Crippen LogP contribution in [-0.4, -0.2) is 22.9 Å². The van der Waals surface area contributed by atoms with Gasteiger partial charge in [0.05, 0.1) is 12.7 Å². The Morgan fingerprint density at radius 3 is 2.50 bits per heavy atom. The highest BCUT2D eigenvalue weighted by molar-refractivity contribution is 4.75. The Kier molecular flexibility index (Phi) is 1.86. The second kappa shape index (κ2) is 2.46. The first-order chi connectivity index (χ1) is 3.83. The van der Waals surface area contributed by atoms with Crippen molar-refractivity contribution in [2.24, 2.45) is 5.92 Å². The van der Waals surface area contributed by atoms with Crippen molar-refractivity contribution in [3.05, 3.63) is 0 Å². The van der Waals surface area contributed by atoms with Gasteiger partial charge in [0.1, 0.15) is 0 Å². The van der Waals surface area contributed by atoms with E-state index < -0.39 is 6.10 Å². The summed E-state index contributed by atoms with van der Waals surface area (Å²) in [6.07, 6.45) is 2.84. The summed E-state index contributed by atoms with van der Waals surface area (Å²) in [7, 11) is 0. The SMILES string of the molecule is OCC(O)CC1CC1. The summed E-state index contributed by atoms with van der Waals surface area (Å²) in [4.78, 5) is 0. The number of aliphatic hydroxyl groups excluding tert-OH is 2. The minimum atomic E-state index is -0.456. The van der Waals surface area contributed by atoms with Crippen molar-refractivity contribution in [1.29, 1.82) is 0 Å². The van der Waals surface area contributed by atoms with E-state index in [9.17, 15) is 0 Å². The van der Waals surface area contributed by atoms with E-state index in [1.807, 2.05) is 0 Å². The van der Waals surface area contributed by atoms with E-state index >= 15 is 0 Å². The molecule has 1 fully saturated rings. The first-order valence-corrected chi connectivity index (χ1v) is 3.12. The summed E-state index contributed by atoms with van der Waals surface area (Å²) >= 11 is 0. The Balaban J connectivity index is 1.98. The van der Waals surface area contributed by atoms with Gasteiger partial charge in [0, 0.05) is 0 Å². The highest BCUT2D eigenvalue weighted by Gasteiger charge is 2.23. The Bertz CT molecular complexity index is 68.9. The summed E-state index contributed by atoms with van der Waals surface area (Å²) in [6, 6.07) is 0. The maximum Gasteiger partial charge on any atom is 0.0773 e. The van der Waals surface area contributed by atoms with Gasteiger partial charge in [-0.1, -0.05) is 12.8 Å². The molecule has 2 heteroatoms. The summed E-state index contributed by atoms with van der Waals surface area (Å²) in [5, 5.41) is 17.2. The Hall–Kier alpha value is -0.0800. The molecule has 8 heavy (non-hydrogen) atoms. The zero-order valence-corrected chi connectivity index (χ0v) is 4.88. The van der Waals surface area contributed by atoms with Gasteiger partial charge in [-0.3, -0.25) is 0 Å². The van der Waals surface area contributed by atoms with Crippen molar-refractivity contribution in [2.45, 2.75) is 25.4 Å². The van der Waals surface area contributed by atoms with Crippen LogP contribution < -0.4 is 0 Å². The Morgan fingerprint density at radius 1 is 1.50 bits per heavy atom. The molecule has 0 saturated heterocycles. The molecule has 1 aliphatic rings. The predicted octanol–water partition coefficient (Wildman–Crippen LogP) is 0.140. The fourth-order valence-electron chi connectivity index (χ4n) is 0.813. The van der Waals surface area contributed by atoms with Crippen molar-refractivity contribution in [3.8, 4) is 0 Å². The van der Waals surface area contributed by atoms with Gasteiger partial charge in [0.2, 0.25) is 0 Å². The van der Waals surface area contributed by atoms with Crippen LogP contribution in [0, 0.1) is 5.92 Å². The van der Waals surface area contributed by atoms with E-state index in [1.165, 1.54) is 12.8 Å². The van der Waals surface area contributed by atoms with Crippen LogP contribution in [0.4, 0.5) is 0 Å². The maximum atomic E-state index is 8.82. The summed E-state index contributed by atoms with van der Waals surface area (Å²) in [5.74, 6) is 0.720. The van der Waals surface area contributed by atoms with Crippen LogP contribution in [0.3, 0.4) is 0 Å². The highest BCUT2D eigenvalue weighted by Crippen LogP contribution is 2.33. The average Bonchev–Trinajstić information content (AvgIpc) is 2.50. The standard InChI is InChI=1S/C6H12O2/c7-4-6(8)3-5-1-2-5/h5-8H,1-4H2. The number of aliphatic hydroxyl groups is 2. The lowest BCUT2D eigenvalue weighted by Gasteiger charge is -2.02. The van der Waals surface area contributed by atoms with Crippen LogP contribution in [0.1, 0.15) is 19.3 Å². The molecule has 0 aromatic heterocycles. The molecule has 1 aliphatic carbocycles. The minimum Gasteiger partial charge on any atom is -0.394 e. The molecule has 1 atom stereocenters. The van der Waals surface area contributed by atoms with E-state index in [-0.39, 0.29) is 6.61 Å². The summed E-state index contributed by atoms with van der Waals surface area (Å²) in [5.41, 5.74) is 0. The maximum absolute atomic E-state index is 8.82. The van der Waals surface area contributed by atoms with Gasteiger partial charge in [-0.05, 0) is 12.3 Å². The first kappa shape index (κ1) is 6.05. The third-order valence-electron chi connectivity index (χ3n) is 1.51. The molecule has 48 valence electrons. The van der Waals surface area contributed by atoms with Gasteiger partial charge < -0.3 is 10.2 Å². The molecule has 0 aromatic rings. The lowest BCUT2D eigenvalue weighted by molar-refractivity contribution is 0.0838. The van der Waals surface area contributed by atoms with Crippen molar-refractivity contribution >= 4 is 0 Å². The Labute approximate surface area is 49.1 Å². The first-order valence-electron chi connectivity index (χ1n) is 3.12. The van der Waals surface area contributed by atoms with Gasteiger partial charge >= 0.3 is 0 Å². The molecule has 0 heterocycles. The van der Waals surface area contributed by atoms with E-state index in [0.29, 0.717) is 0 Å². The summed E-state index contributed by atoms with van der Waals surface area (Å²) < 4.78 is 0. The molecule has 1 rings (SSSR count). The highest BCUT2D eigenvalue weighted by atomic mass is 16.3. The third kappa shape index (κ3) is 1.80. The number of rotatable bonds is 3. The van der Waals surface area contributed by atoms with Gasteiger partial charge in [0.25, 0.3) is 0 Å². The molecule has 0 spiro atoms. The monoisotopic (exact) mass is 116 g/mol. The van der Waals surface area contributed by atoms with Crippen molar-refractivity contribution < 1.29 is 10.2 Å². The molecule has 2 nitrogen and oxygen atoms in total. The average molecular weight is 116 g/mol. The molecular formula is C6H12O2. The van der Waals surface area contributed by atoms with Crippen LogP contribution >= 0.6 is 0 Å². The van der Waals surface area contributed by atoms with Gasteiger partial charge in [-0.25, -0.2) is 0 Å². The van der Waals surface area contributed by atoms with E-state index in [1.54, 1.807) is 0 Å². The van der Waals surface area contributed by atoms with Crippen molar-refractivity contribution in [3.63, 3.8) is 0 Å². The van der Waals surface area contributed by atoms with Crippen molar-refractivity contribution in [2.75, 3.05) is 6.61 Å². The van der Waals surface area contributed by atoms with Crippen LogP contribution in [0.25, 0.3) is 0 Å². The van der Waals surface area contributed by atoms with Gasteiger partial charge in [-0.2, -0.15) is 0 Å². The summed E-state index contributed by atoms with van der Waals surface area (Å²) in [6.45, 7) is -0.0729. The molecule has 0 bridgehead atoms. The predicted molar refractivity (Wildman–Crippen MR) is 30.4 cm³/mol. The molecule has 1 unspecified atom stereocenters. The van der Waals surface area contributed by atoms with Crippen molar-refractivity contribution in [1.82, 2.24) is 0 Å². The number of hydrogen-bond acceptors (Lipinski definition) is 2. The molecule has 1 saturated carbocycles. The van der Waals surface area contributed by atoms with Crippen LogP contribution in [0.2, 0.25) is 0 Å². The van der Waals surface area contributed by atoms with Gasteiger partial charge in [-0.15, -0.1) is 0 Å². The molecule has 0 amide bonds. The fourth-order valence-corrected chi connectivity index (χ4v) is 0.813. The van der Waals surface area contributed by atoms with E-state index in [0.717, 1.165) is 12.3 Å². The molecule has 0 radical (unpaired) electrons. The normalized spacial score (nSPS) is 23.2. The smallest absolute Gasteiger partial charge is 0.0773 e. The van der Waals surface area contributed by atoms with Crippen LogP contribution in [0.5, 0.6) is 0 Å². The lowest BCUT2D eigenvalue weighted by Crippen LogP contribution is -2.11. The quantitative estimate of drug-likeness (QED) is 0.550. The molecular weight excluding hydrogens is 104 g/mol. The second-order valence-electron chi connectivity index (χ2n) is 2.52. The number of hydrogen-bond donors (Lipinski definition) is 2. The lowest BCUT2D eigenvalue weighted by atomic mass is 10.2. The van der Waals surface area contributed by atoms with Crippen LogP contribution in [-0.2, 0) is 0 Å². The fraction of sp³-hybridized carbons (Fsp3) is 1.00. The molecule has 0 aliphatic heterocycles. The second-order valence-corrected chi connectivity index (χ2v) is 2.52. The Morgan fingerprint density at radius 2 is 2.12 bits per heavy atom. The van der Waals surface area contributed by atoms with E-state index in [2.05, 4.69) is 0 Å². The topological polar surface area (TPSA) is 40.5 Å². The van der Waals surface area contributed by atoms with Gasteiger partial charge in [0.15, 0.2) is 0 Å².